The minimum Gasteiger partial charge on any atom is -0.465 e. The number of thiazole rings is 1. The van der Waals surface area contributed by atoms with Crippen LogP contribution in [0.1, 0.15) is 59.7 Å². The first kappa shape index (κ1) is 25.3. The number of ether oxygens (including phenoxy) is 1. The second-order valence-electron chi connectivity index (χ2n) is 10.5. The summed E-state index contributed by atoms with van der Waals surface area (Å²) in [5.74, 6) is 0.0416. The smallest absolute Gasteiger partial charge is 0.340 e. The van der Waals surface area contributed by atoms with E-state index in [-0.39, 0.29) is 5.56 Å². The van der Waals surface area contributed by atoms with Crippen LogP contribution in [0.3, 0.4) is 0 Å². The molecule has 0 radical (unpaired) electrons. The fraction of sp³-hybridized carbons (Fsp3) is 0.393. The van der Waals surface area contributed by atoms with Gasteiger partial charge in [-0.2, -0.15) is 0 Å². The summed E-state index contributed by atoms with van der Waals surface area (Å²) < 4.78 is 25.7. The van der Waals surface area contributed by atoms with Crippen molar-refractivity contribution in [1.82, 2.24) is 15.5 Å². The third-order valence-electron chi connectivity index (χ3n) is 8.07. The molecule has 2 unspecified atom stereocenters. The number of methoxy groups -OCH3 is 1. The molecule has 11 heteroatoms. The number of aromatic nitrogens is 2. The van der Waals surface area contributed by atoms with Gasteiger partial charge in [-0.3, -0.25) is 0 Å². The van der Waals surface area contributed by atoms with Crippen LogP contribution in [0.25, 0.3) is 21.5 Å². The highest BCUT2D eigenvalue weighted by atomic mass is 35.5. The van der Waals surface area contributed by atoms with E-state index in [0.717, 1.165) is 59.0 Å². The lowest BCUT2D eigenvalue weighted by molar-refractivity contribution is 0.0595. The van der Waals surface area contributed by atoms with E-state index in [2.05, 4.69) is 15.4 Å². The number of nitrogens with one attached hydrogen (secondary N) is 1. The Hall–Kier alpha value is -2.72. The molecule has 2 saturated carbocycles. The van der Waals surface area contributed by atoms with Crippen molar-refractivity contribution in [3.8, 4) is 11.3 Å². The first-order valence-corrected chi connectivity index (χ1v) is 14.6. The quantitative estimate of drug-likeness (QED) is 0.234. The van der Waals surface area contributed by atoms with E-state index in [4.69, 9.17) is 37.4 Å². The Balaban J connectivity index is 1.08. The number of carbonyl (C=O) groups excluding carboxylic acids is 1. The zero-order chi connectivity index (χ0) is 26.8. The van der Waals surface area contributed by atoms with Crippen LogP contribution in [0, 0.1) is 5.82 Å². The van der Waals surface area contributed by atoms with E-state index in [1.54, 1.807) is 0 Å². The summed E-state index contributed by atoms with van der Waals surface area (Å²) in [5, 5.41) is 10.2. The number of hydrogen-bond acceptors (Lipinski definition) is 8. The van der Waals surface area contributed by atoms with Gasteiger partial charge >= 0.3 is 5.97 Å². The van der Waals surface area contributed by atoms with Crippen molar-refractivity contribution in [3.63, 3.8) is 0 Å². The second kappa shape index (κ2) is 9.73. The van der Waals surface area contributed by atoms with Crippen molar-refractivity contribution in [2.45, 2.75) is 62.7 Å². The molecule has 4 fully saturated rings. The third-order valence-corrected chi connectivity index (χ3v) is 9.73. The normalized spacial score (nSPS) is 22.3. The third kappa shape index (κ3) is 4.40. The molecular weight excluding hydrogens is 562 g/mol. The number of anilines is 1. The van der Waals surface area contributed by atoms with E-state index in [1.807, 2.05) is 18.2 Å². The van der Waals surface area contributed by atoms with Crippen LogP contribution in [-0.2, 0) is 11.3 Å². The summed E-state index contributed by atoms with van der Waals surface area (Å²) in [6.45, 7) is 0.632. The summed E-state index contributed by atoms with van der Waals surface area (Å²) in [6, 6.07) is 9.37. The van der Waals surface area contributed by atoms with Gasteiger partial charge in [0.1, 0.15) is 17.3 Å². The van der Waals surface area contributed by atoms with Gasteiger partial charge in [0.25, 0.3) is 0 Å². The van der Waals surface area contributed by atoms with Crippen LogP contribution < -0.4 is 10.2 Å². The number of hydrogen-bond donors (Lipinski definition) is 1. The maximum absolute atomic E-state index is 14.4. The number of rotatable bonds is 7. The van der Waals surface area contributed by atoms with Crippen LogP contribution in [0.15, 0.2) is 34.9 Å². The van der Waals surface area contributed by atoms with Crippen LogP contribution in [0.2, 0.25) is 10.0 Å². The van der Waals surface area contributed by atoms with Gasteiger partial charge in [-0.25, -0.2) is 14.2 Å². The van der Waals surface area contributed by atoms with Crippen molar-refractivity contribution in [2.24, 2.45) is 0 Å². The highest BCUT2D eigenvalue weighted by Gasteiger charge is 2.46. The largest absolute Gasteiger partial charge is 0.465 e. The number of esters is 1. The standard InChI is InChI=1S/C28H25Cl2FN4O3S/c1-37-27(36)17-10-23-22(11-21(17)31)33-28(39-23)35-15-7-14(8-16(35)9-15)32-12-18-25(34-38-26(18)13-5-6-13)24-19(29)3-2-4-20(24)30/h2-4,10-11,13-16,32H,5-9,12H2,1H3. The Kier molecular flexibility index (Phi) is 6.30. The fourth-order valence-electron chi connectivity index (χ4n) is 5.99. The van der Waals surface area contributed by atoms with Crippen LogP contribution in [-0.4, -0.2) is 41.3 Å². The fourth-order valence-corrected chi connectivity index (χ4v) is 7.70. The van der Waals surface area contributed by atoms with Crippen LogP contribution >= 0.6 is 34.5 Å². The van der Waals surface area contributed by atoms with E-state index < -0.39 is 11.8 Å². The Morgan fingerprint density at radius 3 is 2.64 bits per heavy atom. The van der Waals surface area contributed by atoms with Gasteiger partial charge in [-0.05, 0) is 50.3 Å². The van der Waals surface area contributed by atoms with Gasteiger partial charge in [0.2, 0.25) is 0 Å². The van der Waals surface area contributed by atoms with Gasteiger partial charge in [0, 0.05) is 47.8 Å². The predicted octanol–water partition coefficient (Wildman–Crippen LogP) is 6.96. The lowest BCUT2D eigenvalue weighted by atomic mass is 9.77. The van der Waals surface area contributed by atoms with Crippen molar-refractivity contribution >= 4 is 55.9 Å². The van der Waals surface area contributed by atoms with E-state index >= 15 is 0 Å². The molecule has 8 rings (SSSR count). The molecule has 7 nitrogen and oxygen atoms in total. The molecule has 2 bridgehead atoms. The Labute approximate surface area is 238 Å². The molecule has 202 valence electrons. The number of carbonyl (C=O) groups is 1. The van der Waals surface area contributed by atoms with E-state index in [1.165, 1.54) is 30.6 Å². The van der Waals surface area contributed by atoms with Crippen LogP contribution in [0.5, 0.6) is 0 Å². The molecule has 2 saturated heterocycles. The molecule has 2 aliphatic carbocycles. The summed E-state index contributed by atoms with van der Waals surface area (Å²) in [4.78, 5) is 19.0. The highest BCUT2D eigenvalue weighted by molar-refractivity contribution is 7.22. The van der Waals surface area contributed by atoms with Crippen LogP contribution in [0.4, 0.5) is 9.52 Å². The van der Waals surface area contributed by atoms with Gasteiger partial charge in [-0.1, -0.05) is 45.8 Å². The minimum atomic E-state index is -0.684. The number of nitrogens with zero attached hydrogens (tertiary/aromatic N) is 3. The van der Waals surface area contributed by atoms with E-state index in [9.17, 15) is 9.18 Å². The summed E-state index contributed by atoms with van der Waals surface area (Å²) in [7, 11) is 1.25. The Morgan fingerprint density at radius 2 is 1.95 bits per heavy atom. The monoisotopic (exact) mass is 586 g/mol. The van der Waals surface area contributed by atoms with Crippen molar-refractivity contribution < 1.29 is 18.4 Å². The molecule has 2 aliphatic heterocycles. The molecular formula is C28H25Cl2FN4O3S. The lowest BCUT2D eigenvalue weighted by Crippen LogP contribution is -2.64. The maximum Gasteiger partial charge on any atom is 0.340 e. The minimum absolute atomic E-state index is 0.0648. The molecule has 0 amide bonds. The predicted molar refractivity (Wildman–Crippen MR) is 149 cm³/mol. The molecule has 39 heavy (non-hydrogen) atoms. The molecule has 2 atom stereocenters. The summed E-state index contributed by atoms with van der Waals surface area (Å²) in [5.41, 5.74) is 2.97. The zero-order valence-electron chi connectivity index (χ0n) is 21.0. The maximum atomic E-state index is 14.4. The summed E-state index contributed by atoms with van der Waals surface area (Å²) in [6.07, 6.45) is 5.26. The zero-order valence-corrected chi connectivity index (χ0v) is 23.4. The molecule has 4 aliphatic rings. The molecule has 2 aromatic carbocycles. The van der Waals surface area contributed by atoms with Crippen molar-refractivity contribution in [1.29, 1.82) is 0 Å². The SMILES string of the molecule is COC(=O)c1cc2sc(N3C4CC(NCc5c(-c6c(Cl)cccc6Cl)noc5C5CC5)CC3C4)nc2cc1F. The Morgan fingerprint density at radius 1 is 1.21 bits per heavy atom. The number of piperidine rings is 1. The number of fused-ring (bicyclic) bond motifs is 3. The first-order valence-electron chi connectivity index (χ1n) is 13.0. The number of halogens is 3. The lowest BCUT2D eigenvalue weighted by Gasteiger charge is -2.55. The topological polar surface area (TPSA) is 80.5 Å². The van der Waals surface area contributed by atoms with Gasteiger partial charge in [0.15, 0.2) is 5.13 Å². The first-order chi connectivity index (χ1) is 18.9. The van der Waals surface area contributed by atoms with Gasteiger partial charge < -0.3 is 19.5 Å². The van der Waals surface area contributed by atoms with Gasteiger partial charge in [0.05, 0.1) is 32.9 Å². The average Bonchev–Trinajstić information content (AvgIpc) is 3.56. The van der Waals surface area contributed by atoms with Crippen molar-refractivity contribution in [2.75, 3.05) is 12.0 Å². The molecule has 1 N–H and O–H groups in total. The highest BCUT2D eigenvalue weighted by Crippen LogP contribution is 2.47. The molecule has 2 aromatic heterocycles. The average molecular weight is 588 g/mol. The Bertz CT molecular complexity index is 1570. The summed E-state index contributed by atoms with van der Waals surface area (Å²) >= 11 is 14.5. The van der Waals surface area contributed by atoms with E-state index in [0.29, 0.717) is 51.7 Å². The molecule has 4 aromatic rings. The van der Waals surface area contributed by atoms with Crippen molar-refractivity contribution in [3.05, 3.63) is 63.1 Å². The molecule has 4 heterocycles. The number of benzene rings is 2. The van der Waals surface area contributed by atoms with Gasteiger partial charge in [-0.15, -0.1) is 0 Å². The molecule has 0 spiro atoms. The second-order valence-corrected chi connectivity index (χ2v) is 12.4.